The van der Waals surface area contributed by atoms with Gasteiger partial charge in [0, 0.05) is 24.4 Å². The maximum Gasteiger partial charge on any atom is 0.253 e. The second-order valence-corrected chi connectivity index (χ2v) is 2.85. The Labute approximate surface area is 71.8 Å². The lowest BCUT2D eigenvalue weighted by Gasteiger charge is -2.05. The highest BCUT2D eigenvalue weighted by molar-refractivity contribution is 5.40. The fourth-order valence-electron chi connectivity index (χ4n) is 1.12. The number of hydrogen-bond acceptors (Lipinski definition) is 1. The van der Waals surface area contributed by atoms with Gasteiger partial charge in [-0.15, -0.1) is 6.42 Å². The lowest BCUT2D eigenvalue weighted by atomic mass is 10.1. The molecule has 0 bridgehead atoms. The summed E-state index contributed by atoms with van der Waals surface area (Å²) in [4.78, 5) is 11.4. The maximum absolute atomic E-state index is 11.4. The molecule has 1 aromatic rings. The van der Waals surface area contributed by atoms with Crippen LogP contribution >= 0.6 is 0 Å². The van der Waals surface area contributed by atoms with Gasteiger partial charge in [-0.3, -0.25) is 4.79 Å². The van der Waals surface area contributed by atoms with Crippen LogP contribution in [0.5, 0.6) is 0 Å². The van der Waals surface area contributed by atoms with Crippen molar-refractivity contribution in [2.75, 3.05) is 0 Å². The fourth-order valence-corrected chi connectivity index (χ4v) is 1.12. The quantitative estimate of drug-likeness (QED) is 0.520. The molecule has 0 radical (unpaired) electrons. The van der Waals surface area contributed by atoms with Crippen LogP contribution in [0.15, 0.2) is 11.0 Å². The van der Waals surface area contributed by atoms with E-state index in [9.17, 15) is 4.79 Å². The van der Waals surface area contributed by atoms with Crippen LogP contribution in [0.2, 0.25) is 0 Å². The highest BCUT2D eigenvalue weighted by Gasteiger charge is 2.04. The highest BCUT2D eigenvalue weighted by atomic mass is 16.1. The lowest BCUT2D eigenvalue weighted by Crippen LogP contribution is -2.20. The Hall–Kier alpha value is -1.49. The number of pyridine rings is 1. The molecule has 62 valence electrons. The molecule has 0 spiro atoms. The topological polar surface area (TPSA) is 22.0 Å². The number of aryl methyl sites for hydroxylation is 1. The van der Waals surface area contributed by atoms with Crippen molar-refractivity contribution in [1.29, 1.82) is 0 Å². The monoisotopic (exact) mass is 161 g/mol. The predicted molar refractivity (Wildman–Crippen MR) is 49.1 cm³/mol. The molecule has 0 saturated heterocycles. The summed E-state index contributed by atoms with van der Waals surface area (Å²) < 4.78 is 1.51. The summed E-state index contributed by atoms with van der Waals surface area (Å²) in [5, 5.41) is 0. The van der Waals surface area contributed by atoms with E-state index >= 15 is 0 Å². The van der Waals surface area contributed by atoms with E-state index in [4.69, 9.17) is 6.42 Å². The van der Waals surface area contributed by atoms with Crippen LogP contribution in [-0.4, -0.2) is 4.57 Å². The number of rotatable bonds is 0. The van der Waals surface area contributed by atoms with Crippen LogP contribution in [0, 0.1) is 26.2 Å². The zero-order valence-corrected chi connectivity index (χ0v) is 7.51. The van der Waals surface area contributed by atoms with Gasteiger partial charge >= 0.3 is 0 Å². The van der Waals surface area contributed by atoms with E-state index < -0.39 is 0 Å². The molecule has 2 nitrogen and oxygen atoms in total. The first kappa shape index (κ1) is 8.61. The van der Waals surface area contributed by atoms with Crippen molar-refractivity contribution >= 4 is 0 Å². The van der Waals surface area contributed by atoms with Crippen molar-refractivity contribution in [3.63, 3.8) is 0 Å². The van der Waals surface area contributed by atoms with Gasteiger partial charge in [-0.1, -0.05) is 5.92 Å². The summed E-state index contributed by atoms with van der Waals surface area (Å²) in [7, 11) is 1.70. The summed E-state index contributed by atoms with van der Waals surface area (Å²) in [6.45, 7) is 3.66. The van der Waals surface area contributed by atoms with E-state index in [0.717, 1.165) is 16.7 Å². The van der Waals surface area contributed by atoms with Gasteiger partial charge in [0.1, 0.15) is 0 Å². The minimum absolute atomic E-state index is 0.0199. The van der Waals surface area contributed by atoms with E-state index in [-0.39, 0.29) is 5.56 Å². The van der Waals surface area contributed by atoms with E-state index in [1.807, 2.05) is 6.92 Å². The molecule has 0 unspecified atom stereocenters. The van der Waals surface area contributed by atoms with Gasteiger partial charge in [-0.2, -0.15) is 0 Å². The third-order valence-corrected chi connectivity index (χ3v) is 2.09. The number of terminal acetylenes is 1. The van der Waals surface area contributed by atoms with E-state index in [1.54, 1.807) is 20.2 Å². The molecule has 0 aliphatic heterocycles. The summed E-state index contributed by atoms with van der Waals surface area (Å²) >= 11 is 0. The zero-order valence-electron chi connectivity index (χ0n) is 7.51. The zero-order chi connectivity index (χ0) is 9.30. The van der Waals surface area contributed by atoms with E-state index in [0.29, 0.717) is 0 Å². The van der Waals surface area contributed by atoms with E-state index in [1.165, 1.54) is 4.57 Å². The second-order valence-electron chi connectivity index (χ2n) is 2.85. The number of nitrogens with zero attached hydrogens (tertiary/aromatic N) is 1. The Morgan fingerprint density at radius 1 is 1.42 bits per heavy atom. The lowest BCUT2D eigenvalue weighted by molar-refractivity contribution is 0.839. The molecule has 0 atom stereocenters. The van der Waals surface area contributed by atoms with Crippen molar-refractivity contribution in [3.8, 4) is 12.3 Å². The van der Waals surface area contributed by atoms with Crippen LogP contribution in [0.1, 0.15) is 16.7 Å². The van der Waals surface area contributed by atoms with Crippen LogP contribution in [0.3, 0.4) is 0 Å². The Bertz CT molecular complexity index is 407. The number of aromatic nitrogens is 1. The Morgan fingerprint density at radius 3 is 2.50 bits per heavy atom. The van der Waals surface area contributed by atoms with Crippen molar-refractivity contribution in [2.45, 2.75) is 13.8 Å². The normalized spacial score (nSPS) is 9.50. The molecule has 0 aliphatic carbocycles. The van der Waals surface area contributed by atoms with Crippen LogP contribution in [0.4, 0.5) is 0 Å². The molecule has 1 rings (SSSR count). The summed E-state index contributed by atoms with van der Waals surface area (Å²) in [5.41, 5.74) is 2.44. The minimum atomic E-state index is 0.0199. The van der Waals surface area contributed by atoms with Gasteiger partial charge in [0.15, 0.2) is 0 Å². The first-order valence-electron chi connectivity index (χ1n) is 3.71. The minimum Gasteiger partial charge on any atom is -0.317 e. The molecule has 0 N–H and O–H groups in total. The van der Waals surface area contributed by atoms with E-state index in [2.05, 4.69) is 5.92 Å². The summed E-state index contributed by atoms with van der Waals surface area (Å²) in [6, 6.07) is 0. The maximum atomic E-state index is 11.4. The predicted octanol–water partition coefficient (Wildman–Crippen LogP) is 0.983. The van der Waals surface area contributed by atoms with Crippen molar-refractivity contribution in [3.05, 3.63) is 33.2 Å². The van der Waals surface area contributed by atoms with Crippen LogP contribution in [-0.2, 0) is 7.05 Å². The molecule has 0 amide bonds. The van der Waals surface area contributed by atoms with Crippen molar-refractivity contribution in [1.82, 2.24) is 4.57 Å². The van der Waals surface area contributed by atoms with Gasteiger partial charge < -0.3 is 4.57 Å². The smallest absolute Gasteiger partial charge is 0.253 e. The Morgan fingerprint density at radius 2 is 2.00 bits per heavy atom. The third kappa shape index (κ3) is 1.14. The molecule has 2 heteroatoms. The average molecular weight is 161 g/mol. The largest absolute Gasteiger partial charge is 0.317 e. The standard InChI is InChI=1S/C10H11NO/c1-5-9-6-11(4)10(12)8(3)7(9)2/h1,6H,2-4H3. The molecule has 12 heavy (non-hydrogen) atoms. The van der Waals surface area contributed by atoms with Gasteiger partial charge in [0.2, 0.25) is 0 Å². The first-order valence-corrected chi connectivity index (χ1v) is 3.71. The Kier molecular flexibility index (Phi) is 2.05. The van der Waals surface area contributed by atoms with Gasteiger partial charge in [-0.25, -0.2) is 0 Å². The molecule has 0 saturated carbocycles. The van der Waals surface area contributed by atoms with Gasteiger partial charge in [0.05, 0.1) is 0 Å². The Balaban J connectivity index is 3.64. The SMILES string of the molecule is C#Cc1cn(C)c(=O)c(C)c1C. The first-order chi connectivity index (χ1) is 5.57. The molecule has 0 fully saturated rings. The van der Waals surface area contributed by atoms with Crippen LogP contribution < -0.4 is 5.56 Å². The molecular weight excluding hydrogens is 150 g/mol. The molecule has 0 aliphatic rings. The van der Waals surface area contributed by atoms with Crippen molar-refractivity contribution in [2.24, 2.45) is 7.05 Å². The van der Waals surface area contributed by atoms with Gasteiger partial charge in [0.25, 0.3) is 5.56 Å². The third-order valence-electron chi connectivity index (χ3n) is 2.09. The molecular formula is C10H11NO. The molecule has 0 aromatic carbocycles. The van der Waals surface area contributed by atoms with Gasteiger partial charge in [-0.05, 0) is 19.4 Å². The average Bonchev–Trinajstić information content (AvgIpc) is 2.08. The van der Waals surface area contributed by atoms with Crippen LogP contribution in [0.25, 0.3) is 0 Å². The summed E-state index contributed by atoms with van der Waals surface area (Å²) in [6.07, 6.45) is 6.96. The highest BCUT2D eigenvalue weighted by Crippen LogP contribution is 2.06. The second kappa shape index (κ2) is 2.86. The summed E-state index contributed by atoms with van der Waals surface area (Å²) in [5.74, 6) is 2.54. The number of hydrogen-bond donors (Lipinski definition) is 0. The molecule has 1 heterocycles. The van der Waals surface area contributed by atoms with Crippen molar-refractivity contribution < 1.29 is 0 Å². The molecule has 1 aromatic heterocycles. The fraction of sp³-hybridized carbons (Fsp3) is 0.300.